The van der Waals surface area contributed by atoms with E-state index >= 15 is 0 Å². The molecule has 4 bridgehead atoms. The van der Waals surface area contributed by atoms with Crippen molar-refractivity contribution in [3.05, 3.63) is 17.8 Å². The van der Waals surface area contributed by atoms with Crippen molar-refractivity contribution in [2.75, 3.05) is 0 Å². The summed E-state index contributed by atoms with van der Waals surface area (Å²) in [5.41, 5.74) is 0.0406. The van der Waals surface area contributed by atoms with Crippen LogP contribution in [0.15, 0.2) is 10.7 Å². The lowest BCUT2D eigenvalue weighted by Gasteiger charge is -2.54. The fourth-order valence-electron chi connectivity index (χ4n) is 5.08. The van der Waals surface area contributed by atoms with Gasteiger partial charge in [0.25, 0.3) is 0 Å². The molecule has 4 fully saturated rings. The van der Waals surface area contributed by atoms with Crippen LogP contribution in [0.2, 0.25) is 0 Å². The Bertz CT molecular complexity index is 479. The van der Waals surface area contributed by atoms with Gasteiger partial charge in [-0.15, -0.1) is 0 Å². The van der Waals surface area contributed by atoms with E-state index in [0.29, 0.717) is 11.8 Å². The molecule has 1 aromatic rings. The summed E-state index contributed by atoms with van der Waals surface area (Å²) < 4.78 is 5.34. The minimum Gasteiger partial charge on any atom is -0.476 e. The van der Waals surface area contributed by atoms with Crippen LogP contribution in [0, 0.1) is 29.6 Å². The summed E-state index contributed by atoms with van der Waals surface area (Å²) in [6.07, 6.45) is 9.08. The molecule has 4 heteroatoms. The normalized spacial score (nSPS) is 39.7. The van der Waals surface area contributed by atoms with Crippen LogP contribution in [-0.4, -0.2) is 16.1 Å². The van der Waals surface area contributed by atoms with E-state index in [4.69, 9.17) is 9.52 Å². The Morgan fingerprint density at radius 3 is 2.37 bits per heavy atom. The molecule has 4 nitrogen and oxygen atoms in total. The van der Waals surface area contributed by atoms with E-state index in [2.05, 4.69) is 4.98 Å². The summed E-state index contributed by atoms with van der Waals surface area (Å²) in [6, 6.07) is 0. The molecule has 4 aliphatic carbocycles. The summed E-state index contributed by atoms with van der Waals surface area (Å²) in [4.78, 5) is 14.9. The Hall–Kier alpha value is -1.32. The summed E-state index contributed by atoms with van der Waals surface area (Å²) in [6.45, 7) is 0. The Kier molecular flexibility index (Phi) is 2.47. The zero-order valence-electron chi connectivity index (χ0n) is 10.9. The van der Waals surface area contributed by atoms with E-state index in [9.17, 15) is 4.79 Å². The summed E-state index contributed by atoms with van der Waals surface area (Å²) in [5.74, 6) is 3.90. The summed E-state index contributed by atoms with van der Waals surface area (Å²) in [5, 5.41) is 8.88. The van der Waals surface area contributed by atoms with E-state index in [1.54, 1.807) is 0 Å². The highest BCUT2D eigenvalue weighted by Crippen LogP contribution is 2.57. The van der Waals surface area contributed by atoms with E-state index in [1.165, 1.54) is 38.4 Å². The summed E-state index contributed by atoms with van der Waals surface area (Å²) in [7, 11) is 0. The highest BCUT2D eigenvalue weighted by Gasteiger charge is 2.48. The number of carboxylic acid groups (broad SMARTS) is 1. The smallest absolute Gasteiger partial charge is 0.357 e. The Balaban J connectivity index is 1.51. The van der Waals surface area contributed by atoms with Gasteiger partial charge < -0.3 is 9.52 Å². The van der Waals surface area contributed by atoms with Crippen molar-refractivity contribution in [2.45, 2.75) is 38.5 Å². The number of nitrogens with zero attached hydrogens (tertiary/aromatic N) is 1. The van der Waals surface area contributed by atoms with E-state index < -0.39 is 5.97 Å². The molecule has 0 spiro atoms. The lowest BCUT2D eigenvalue weighted by molar-refractivity contribution is -0.0381. The van der Waals surface area contributed by atoms with E-state index in [1.807, 2.05) is 0 Å². The number of rotatable bonds is 3. The van der Waals surface area contributed by atoms with Crippen molar-refractivity contribution in [3.63, 3.8) is 0 Å². The Morgan fingerprint density at radius 1 is 1.21 bits per heavy atom. The van der Waals surface area contributed by atoms with Crippen molar-refractivity contribution in [1.82, 2.24) is 4.98 Å². The van der Waals surface area contributed by atoms with Gasteiger partial charge in [0, 0.05) is 6.42 Å². The van der Waals surface area contributed by atoms with Crippen molar-refractivity contribution < 1.29 is 14.3 Å². The number of aromatic nitrogens is 1. The zero-order chi connectivity index (χ0) is 13.0. The van der Waals surface area contributed by atoms with Gasteiger partial charge in [0.2, 0.25) is 0 Å². The van der Waals surface area contributed by atoms with Crippen molar-refractivity contribution in [2.24, 2.45) is 29.6 Å². The number of carbonyl (C=O) groups is 1. The lowest BCUT2D eigenvalue weighted by atomic mass is 9.51. The minimum absolute atomic E-state index is 0.0406. The van der Waals surface area contributed by atoms with Crippen LogP contribution in [0.25, 0.3) is 0 Å². The maximum Gasteiger partial charge on any atom is 0.357 e. The SMILES string of the molecule is O=C(O)c1coc(CC2C3CC4CC(C3)CC2C4)n1. The van der Waals surface area contributed by atoms with Gasteiger partial charge >= 0.3 is 5.97 Å². The average Bonchev–Trinajstić information content (AvgIpc) is 2.81. The fourth-order valence-corrected chi connectivity index (χ4v) is 5.08. The molecule has 0 amide bonds. The first-order valence-corrected chi connectivity index (χ1v) is 7.36. The number of hydrogen-bond donors (Lipinski definition) is 1. The molecule has 0 radical (unpaired) electrons. The number of hydrogen-bond acceptors (Lipinski definition) is 3. The van der Waals surface area contributed by atoms with Crippen LogP contribution in [-0.2, 0) is 6.42 Å². The average molecular weight is 261 g/mol. The molecule has 0 aliphatic heterocycles. The molecule has 1 heterocycles. The molecule has 4 aliphatic rings. The van der Waals surface area contributed by atoms with Crippen LogP contribution in [0.1, 0.15) is 48.5 Å². The van der Waals surface area contributed by atoms with E-state index in [-0.39, 0.29) is 5.69 Å². The van der Waals surface area contributed by atoms with Gasteiger partial charge in [0.15, 0.2) is 11.6 Å². The van der Waals surface area contributed by atoms with Gasteiger partial charge in [0.05, 0.1) is 0 Å². The standard InChI is InChI=1S/C15H19NO3/c17-15(18)13-7-19-14(16-13)6-12-10-2-8-1-9(4-10)5-11(12)3-8/h7-12H,1-6H2,(H,17,18). The van der Waals surface area contributed by atoms with Crippen molar-refractivity contribution in [1.29, 1.82) is 0 Å². The second kappa shape index (κ2) is 4.09. The minimum atomic E-state index is -1.000. The fraction of sp³-hybridized carbons (Fsp3) is 0.733. The maximum absolute atomic E-state index is 10.8. The molecule has 1 aromatic heterocycles. The third-order valence-electron chi connectivity index (χ3n) is 5.60. The molecule has 1 N–H and O–H groups in total. The third-order valence-corrected chi connectivity index (χ3v) is 5.60. The number of carboxylic acids is 1. The Morgan fingerprint density at radius 2 is 1.84 bits per heavy atom. The third kappa shape index (κ3) is 1.88. The number of aromatic carboxylic acids is 1. The second-order valence-corrected chi connectivity index (χ2v) is 6.73. The molecule has 0 aromatic carbocycles. The quantitative estimate of drug-likeness (QED) is 0.908. The second-order valence-electron chi connectivity index (χ2n) is 6.73. The molecule has 0 atom stereocenters. The van der Waals surface area contributed by atoms with Crippen molar-refractivity contribution >= 4 is 5.97 Å². The van der Waals surface area contributed by atoms with Crippen LogP contribution >= 0.6 is 0 Å². The van der Waals surface area contributed by atoms with Gasteiger partial charge in [-0.1, -0.05) is 0 Å². The topological polar surface area (TPSA) is 63.3 Å². The molecule has 19 heavy (non-hydrogen) atoms. The zero-order valence-corrected chi connectivity index (χ0v) is 10.9. The van der Waals surface area contributed by atoms with Gasteiger partial charge in [-0.2, -0.15) is 0 Å². The molecule has 5 rings (SSSR count). The van der Waals surface area contributed by atoms with Crippen LogP contribution in [0.3, 0.4) is 0 Å². The van der Waals surface area contributed by atoms with Crippen LogP contribution < -0.4 is 0 Å². The van der Waals surface area contributed by atoms with Gasteiger partial charge in [0.1, 0.15) is 6.26 Å². The van der Waals surface area contributed by atoms with E-state index in [0.717, 1.165) is 30.1 Å². The predicted octanol–water partition coefficient (Wildman–Crippen LogP) is 2.99. The van der Waals surface area contributed by atoms with Gasteiger partial charge in [-0.05, 0) is 61.7 Å². The largest absolute Gasteiger partial charge is 0.476 e. The highest BCUT2D eigenvalue weighted by atomic mass is 16.4. The molecule has 0 saturated heterocycles. The summed E-state index contributed by atoms with van der Waals surface area (Å²) >= 11 is 0. The Labute approximate surface area is 112 Å². The van der Waals surface area contributed by atoms with Crippen LogP contribution in [0.5, 0.6) is 0 Å². The molecular weight excluding hydrogens is 242 g/mol. The highest BCUT2D eigenvalue weighted by molar-refractivity contribution is 5.84. The molecular formula is C15H19NO3. The first-order chi connectivity index (χ1) is 9.19. The van der Waals surface area contributed by atoms with Crippen LogP contribution in [0.4, 0.5) is 0 Å². The molecule has 4 saturated carbocycles. The molecule has 102 valence electrons. The lowest BCUT2D eigenvalue weighted by Crippen LogP contribution is -2.45. The maximum atomic E-state index is 10.8. The molecule has 0 unspecified atom stereocenters. The first kappa shape index (κ1) is 11.5. The first-order valence-electron chi connectivity index (χ1n) is 7.36. The predicted molar refractivity (Wildman–Crippen MR) is 67.7 cm³/mol. The number of oxazole rings is 1. The van der Waals surface area contributed by atoms with Gasteiger partial charge in [-0.25, -0.2) is 9.78 Å². The van der Waals surface area contributed by atoms with Crippen molar-refractivity contribution in [3.8, 4) is 0 Å². The van der Waals surface area contributed by atoms with Gasteiger partial charge in [-0.3, -0.25) is 0 Å². The monoisotopic (exact) mass is 261 g/mol.